The molecule has 2 aliphatic heterocycles. The number of thioether (sulfide) groups is 1. The van der Waals surface area contributed by atoms with Gasteiger partial charge in [-0.15, -0.1) is 0 Å². The van der Waals surface area contributed by atoms with Gasteiger partial charge in [-0.05, 0) is 51.8 Å². The van der Waals surface area contributed by atoms with Crippen molar-refractivity contribution in [1.82, 2.24) is 0 Å². The number of oxime groups is 1. The molecule has 4 heteroatoms. The molecule has 0 N–H and O–H groups in total. The Kier molecular flexibility index (Phi) is 4.15. The lowest BCUT2D eigenvalue weighted by molar-refractivity contribution is -0.0843. The Morgan fingerprint density at radius 1 is 0.581 bits per heavy atom. The minimum absolute atomic E-state index is 0.485. The molecular weight excluding hydrogens is 402 g/mol. The molecule has 3 nitrogen and oxygen atoms in total. The summed E-state index contributed by atoms with van der Waals surface area (Å²) in [5, 5.41) is 3.32. The molecule has 0 saturated heterocycles. The molecule has 0 fully saturated rings. The van der Waals surface area contributed by atoms with Gasteiger partial charge in [0, 0.05) is 5.56 Å². The second-order valence-electron chi connectivity index (χ2n) is 7.57. The number of benzene rings is 4. The molecule has 0 amide bonds. The van der Waals surface area contributed by atoms with Crippen molar-refractivity contribution in [1.29, 1.82) is 0 Å². The van der Waals surface area contributed by atoms with Crippen LogP contribution >= 0.6 is 11.8 Å². The van der Waals surface area contributed by atoms with E-state index in [-0.39, 0.29) is 0 Å². The Morgan fingerprint density at radius 3 is 1.71 bits per heavy atom. The molecule has 0 radical (unpaired) electrons. The number of nitrogens with zero attached hydrogens (tertiary/aromatic N) is 1. The third kappa shape index (κ3) is 2.72. The molecule has 0 unspecified atom stereocenters. The quantitative estimate of drug-likeness (QED) is 0.392. The molecule has 31 heavy (non-hydrogen) atoms. The lowest BCUT2D eigenvalue weighted by atomic mass is 9.82. The summed E-state index contributed by atoms with van der Waals surface area (Å²) in [5.74, 6) is 0.500. The Labute approximate surface area is 185 Å². The number of ether oxygens (including phenoxy) is 1. The van der Waals surface area contributed by atoms with E-state index >= 15 is 0 Å². The predicted octanol–water partition coefficient (Wildman–Crippen LogP) is 6.24. The second kappa shape index (κ2) is 7.03. The van der Waals surface area contributed by atoms with Crippen LogP contribution in [0.4, 0.5) is 0 Å². The highest BCUT2D eigenvalue weighted by atomic mass is 32.2. The minimum Gasteiger partial charge on any atom is -0.417 e. The maximum Gasteiger partial charge on any atom is 0.355 e. The summed E-state index contributed by atoms with van der Waals surface area (Å²) in [6.45, 7) is 0. The molecule has 6 rings (SSSR count). The van der Waals surface area contributed by atoms with Gasteiger partial charge in [-0.25, -0.2) is 0 Å². The highest BCUT2D eigenvalue weighted by Crippen LogP contribution is 2.65. The SMILES string of the molecule is c1ccc(C2=NO[C@@]3(O2)SC(c2ccccc2)(c2ccccc2)c2ccccc23)cc1. The fourth-order valence-electron chi connectivity index (χ4n) is 4.41. The van der Waals surface area contributed by atoms with E-state index in [1.807, 2.05) is 48.5 Å². The number of hydrogen-bond donors (Lipinski definition) is 0. The number of fused-ring (bicyclic) bond motifs is 2. The van der Waals surface area contributed by atoms with Crippen molar-refractivity contribution in [2.45, 2.75) is 9.87 Å². The van der Waals surface area contributed by atoms with Crippen LogP contribution < -0.4 is 0 Å². The Morgan fingerprint density at radius 2 is 1.10 bits per heavy atom. The molecule has 0 saturated carbocycles. The van der Waals surface area contributed by atoms with Crippen molar-refractivity contribution in [3.63, 3.8) is 0 Å². The smallest absolute Gasteiger partial charge is 0.355 e. The molecular formula is C27H19NO2S. The molecule has 1 spiro atoms. The van der Waals surface area contributed by atoms with E-state index in [1.165, 1.54) is 11.1 Å². The lowest BCUT2D eigenvalue weighted by Crippen LogP contribution is -2.26. The summed E-state index contributed by atoms with van der Waals surface area (Å²) in [5.41, 5.74) is 5.39. The van der Waals surface area contributed by atoms with Crippen LogP contribution in [0.1, 0.15) is 27.8 Å². The molecule has 2 aliphatic rings. The van der Waals surface area contributed by atoms with E-state index in [0.29, 0.717) is 5.90 Å². The van der Waals surface area contributed by atoms with Crippen molar-refractivity contribution in [3.8, 4) is 0 Å². The van der Waals surface area contributed by atoms with Crippen LogP contribution in [0.2, 0.25) is 0 Å². The molecule has 0 aliphatic carbocycles. The maximum absolute atomic E-state index is 6.51. The normalized spacial score (nSPS) is 20.6. The largest absolute Gasteiger partial charge is 0.417 e. The first kappa shape index (κ1) is 18.3. The first-order valence-corrected chi connectivity index (χ1v) is 11.1. The standard InChI is InChI=1S/C27H19NO2S/c1-4-12-20(13-5-1)25-28-30-27(29-25)24-19-11-10-18-23(24)26(31-27,21-14-6-2-7-15-21)22-16-8-3-9-17-22/h1-19H/t27-/m1/s1. The molecule has 4 aromatic carbocycles. The molecule has 1 atom stereocenters. The summed E-state index contributed by atoms with van der Waals surface area (Å²) >= 11 is 1.64. The van der Waals surface area contributed by atoms with E-state index in [9.17, 15) is 0 Å². The van der Waals surface area contributed by atoms with Gasteiger partial charge >= 0.3 is 5.12 Å². The van der Waals surface area contributed by atoms with Crippen LogP contribution in [-0.4, -0.2) is 5.90 Å². The molecule has 2 heterocycles. The van der Waals surface area contributed by atoms with Crippen molar-refractivity contribution in [2.75, 3.05) is 0 Å². The highest BCUT2D eigenvalue weighted by molar-refractivity contribution is 8.01. The summed E-state index contributed by atoms with van der Waals surface area (Å²) in [4.78, 5) is 6.12. The van der Waals surface area contributed by atoms with E-state index in [2.05, 4.69) is 71.9 Å². The molecule has 0 bridgehead atoms. The van der Waals surface area contributed by atoms with Crippen molar-refractivity contribution >= 4 is 17.7 Å². The Hall–Kier alpha value is -3.50. The van der Waals surface area contributed by atoms with Crippen LogP contribution in [0.25, 0.3) is 0 Å². The lowest BCUT2D eigenvalue weighted by Gasteiger charge is -2.32. The Balaban J connectivity index is 1.54. The minimum atomic E-state index is -1.05. The fourth-order valence-corrected chi connectivity index (χ4v) is 6.09. The van der Waals surface area contributed by atoms with Crippen LogP contribution in [-0.2, 0) is 19.4 Å². The van der Waals surface area contributed by atoms with Gasteiger partial charge in [-0.3, -0.25) is 0 Å². The highest BCUT2D eigenvalue weighted by Gasteiger charge is 2.61. The van der Waals surface area contributed by atoms with Crippen molar-refractivity contribution < 1.29 is 9.57 Å². The van der Waals surface area contributed by atoms with Gasteiger partial charge < -0.3 is 9.57 Å². The van der Waals surface area contributed by atoms with Crippen LogP contribution in [0, 0.1) is 0 Å². The van der Waals surface area contributed by atoms with Gasteiger partial charge in [-0.1, -0.05) is 97.1 Å². The van der Waals surface area contributed by atoms with E-state index < -0.39 is 9.87 Å². The van der Waals surface area contributed by atoms with Gasteiger partial charge in [0.1, 0.15) is 0 Å². The molecule has 4 aromatic rings. The van der Waals surface area contributed by atoms with Crippen LogP contribution in [0.5, 0.6) is 0 Å². The second-order valence-corrected chi connectivity index (χ2v) is 8.93. The zero-order chi connectivity index (χ0) is 20.7. The van der Waals surface area contributed by atoms with E-state index in [1.54, 1.807) is 11.8 Å². The van der Waals surface area contributed by atoms with Gasteiger partial charge in [0.2, 0.25) is 0 Å². The molecule has 150 valence electrons. The van der Waals surface area contributed by atoms with Gasteiger partial charge in [0.25, 0.3) is 5.90 Å². The summed E-state index contributed by atoms with van der Waals surface area (Å²) in [6.07, 6.45) is 0. The average molecular weight is 422 g/mol. The number of hydrogen-bond acceptors (Lipinski definition) is 4. The summed E-state index contributed by atoms with van der Waals surface area (Å²) < 4.78 is 6.03. The average Bonchev–Trinajstić information content (AvgIpc) is 3.42. The summed E-state index contributed by atoms with van der Waals surface area (Å²) in [7, 11) is 0. The third-order valence-corrected chi connectivity index (χ3v) is 7.43. The van der Waals surface area contributed by atoms with E-state index in [4.69, 9.17) is 9.57 Å². The first-order valence-electron chi connectivity index (χ1n) is 10.2. The predicted molar refractivity (Wildman–Crippen MR) is 124 cm³/mol. The topological polar surface area (TPSA) is 30.8 Å². The summed E-state index contributed by atoms with van der Waals surface area (Å²) in [6, 6.07) is 39.3. The van der Waals surface area contributed by atoms with Gasteiger partial charge in [-0.2, -0.15) is 0 Å². The Bertz CT molecular complexity index is 1220. The van der Waals surface area contributed by atoms with Gasteiger partial charge in [0.15, 0.2) is 0 Å². The van der Waals surface area contributed by atoms with Gasteiger partial charge in [0.05, 0.1) is 10.3 Å². The zero-order valence-electron chi connectivity index (χ0n) is 16.6. The van der Waals surface area contributed by atoms with Crippen LogP contribution in [0.15, 0.2) is 120 Å². The number of rotatable bonds is 3. The zero-order valence-corrected chi connectivity index (χ0v) is 17.5. The van der Waals surface area contributed by atoms with Crippen LogP contribution in [0.3, 0.4) is 0 Å². The third-order valence-electron chi connectivity index (χ3n) is 5.78. The first-order chi connectivity index (χ1) is 15.3. The van der Waals surface area contributed by atoms with E-state index in [0.717, 1.165) is 16.7 Å². The molecule has 0 aromatic heterocycles. The maximum atomic E-state index is 6.51. The fraction of sp³-hybridized carbons (Fsp3) is 0.0741. The van der Waals surface area contributed by atoms with Crippen molar-refractivity contribution in [3.05, 3.63) is 143 Å². The van der Waals surface area contributed by atoms with Crippen molar-refractivity contribution in [2.24, 2.45) is 5.16 Å². The monoisotopic (exact) mass is 421 g/mol.